The Bertz CT molecular complexity index is 8330. The lowest BCUT2D eigenvalue weighted by molar-refractivity contribution is -0.140. The van der Waals surface area contributed by atoms with Crippen molar-refractivity contribution in [2.45, 2.75) is 66.4 Å². The molecule has 752 valence electrons. The molecule has 15 N–H and O–H groups in total. The zero-order valence-electron chi connectivity index (χ0n) is 75.7. The Balaban J connectivity index is 0.000000131. The molecule has 0 fully saturated rings. The Morgan fingerprint density at radius 1 is 0.320 bits per heavy atom. The molecule has 20 rings (SSSR count). The Labute approximate surface area is 836 Å². The van der Waals surface area contributed by atoms with Crippen molar-refractivity contribution in [1.82, 2.24) is 102 Å². The SMILES string of the molecule is Cc1nc2cc(Cl)ccc2n1-c1nc(N)cc(Nc2ccc(C(F)(F)F)c(F)c2)n1.Cc1nc2cc(Cl)ccc2n1-c1nc(N)cc(Nc2ccc(OC(F)F)cc2)n1.Cc1nc2ccc(Cl)cc2n1-c1nc(N)cc(Nc2ccc(C(F)(F)F)c(F)c2)n1.Cc1nc2ccc(Cl)cc2n1-c1nc(N)cc(Nc2ccc(OC(F)F)cc2)n1.Cc1nc2ncc(F)cn2c1-c1nc(N)cc(Nc2ccc(C(F)(F)F)cc2)n1. The van der Waals surface area contributed by atoms with E-state index in [0.717, 1.165) is 59.1 Å². The maximum absolute atomic E-state index is 13.9. The molecule has 11 heterocycles. The number of hydrogen-bond acceptors (Lipinski definition) is 28. The average molecular weight is 2110 g/mol. The van der Waals surface area contributed by atoms with Crippen LogP contribution in [0.5, 0.6) is 11.5 Å². The van der Waals surface area contributed by atoms with Crippen LogP contribution in [0.25, 0.3) is 85.2 Å². The number of anilines is 15. The molecular formula is C94H69Cl4F16N31O2. The minimum absolute atomic E-state index is 0.0610. The lowest BCUT2D eigenvalue weighted by atomic mass is 10.2. The van der Waals surface area contributed by atoms with Crippen molar-refractivity contribution < 1.29 is 79.7 Å². The topological polar surface area (TPSA) is 439 Å². The van der Waals surface area contributed by atoms with Crippen LogP contribution in [0, 0.1) is 52.1 Å². The molecule has 11 aromatic heterocycles. The van der Waals surface area contributed by atoms with Gasteiger partial charge >= 0.3 is 31.8 Å². The fraction of sp³-hybridized carbons (Fsp3) is 0.106. The summed E-state index contributed by atoms with van der Waals surface area (Å²) in [6.07, 6.45) is -11.7. The molecule has 20 aromatic rings. The van der Waals surface area contributed by atoms with Crippen molar-refractivity contribution in [2.75, 3.05) is 55.3 Å². The van der Waals surface area contributed by atoms with E-state index in [1.807, 2.05) is 26.0 Å². The summed E-state index contributed by atoms with van der Waals surface area (Å²) in [7, 11) is 0. The van der Waals surface area contributed by atoms with Crippen molar-refractivity contribution in [1.29, 1.82) is 0 Å². The van der Waals surface area contributed by atoms with Gasteiger partial charge in [-0.1, -0.05) is 46.4 Å². The number of nitrogens with zero attached hydrogens (tertiary/aromatic N) is 21. The summed E-state index contributed by atoms with van der Waals surface area (Å²) < 4.78 is 222. The minimum Gasteiger partial charge on any atom is -0.435 e. The molecule has 0 aliphatic rings. The first kappa shape index (κ1) is 102. The highest BCUT2D eigenvalue weighted by molar-refractivity contribution is 6.32. The molecule has 147 heavy (non-hydrogen) atoms. The van der Waals surface area contributed by atoms with Gasteiger partial charge in [0.15, 0.2) is 11.6 Å². The second-order valence-corrected chi connectivity index (χ2v) is 33.0. The van der Waals surface area contributed by atoms with E-state index >= 15 is 0 Å². The fourth-order valence-electron chi connectivity index (χ4n) is 14.7. The van der Waals surface area contributed by atoms with Gasteiger partial charge in [-0.05, 0) is 217 Å². The van der Waals surface area contributed by atoms with Crippen molar-refractivity contribution >= 4 is 183 Å². The van der Waals surface area contributed by atoms with Gasteiger partial charge in [-0.25, -0.2) is 53.0 Å². The first-order valence-electron chi connectivity index (χ1n) is 42.4. The van der Waals surface area contributed by atoms with Gasteiger partial charge in [0.1, 0.15) is 110 Å². The summed E-state index contributed by atoms with van der Waals surface area (Å²) in [6, 6.07) is 49.8. The molecule has 0 aliphatic heterocycles. The largest absolute Gasteiger partial charge is 0.435 e. The van der Waals surface area contributed by atoms with E-state index in [1.54, 1.807) is 136 Å². The van der Waals surface area contributed by atoms with Gasteiger partial charge in [0, 0.05) is 78.9 Å². The molecule has 0 radical (unpaired) electrons. The lowest BCUT2D eigenvalue weighted by Gasteiger charge is -2.12. The Morgan fingerprint density at radius 3 is 0.993 bits per heavy atom. The summed E-state index contributed by atoms with van der Waals surface area (Å²) in [5.74, 6) is 2.98. The third-order valence-electron chi connectivity index (χ3n) is 20.7. The number of nitrogens with one attached hydrogen (secondary N) is 5. The van der Waals surface area contributed by atoms with Gasteiger partial charge in [0.05, 0.1) is 78.9 Å². The van der Waals surface area contributed by atoms with Gasteiger partial charge < -0.3 is 64.7 Å². The quantitative estimate of drug-likeness (QED) is 0.0336. The van der Waals surface area contributed by atoms with E-state index in [4.69, 9.17) is 75.1 Å². The molecular weight excluding hydrogens is 2040 g/mol. The first-order chi connectivity index (χ1) is 69.7. The van der Waals surface area contributed by atoms with Crippen LogP contribution in [0.1, 0.15) is 45.7 Å². The zero-order chi connectivity index (χ0) is 105. The molecule has 0 saturated carbocycles. The Hall–Kier alpha value is -17.5. The maximum Gasteiger partial charge on any atom is 0.419 e. The molecule has 0 spiro atoms. The van der Waals surface area contributed by atoms with Crippen molar-refractivity contribution in [2.24, 2.45) is 0 Å². The van der Waals surface area contributed by atoms with Gasteiger partial charge in [0.25, 0.3) is 0 Å². The van der Waals surface area contributed by atoms with E-state index < -0.39 is 65.9 Å². The fourth-order valence-corrected chi connectivity index (χ4v) is 15.3. The van der Waals surface area contributed by atoms with Crippen LogP contribution in [0.4, 0.5) is 157 Å². The summed E-state index contributed by atoms with van der Waals surface area (Å²) in [5, 5.41) is 16.7. The molecule has 0 bridgehead atoms. The van der Waals surface area contributed by atoms with Crippen LogP contribution in [0.15, 0.2) is 225 Å². The number of halogens is 20. The number of rotatable bonds is 19. The standard InChI is InChI=1S/2C19H13ClF4N6.2C19H15ClF2N6O.C18H13F4N7/c1-9-26-14-6-10(20)2-5-15(14)30(9)18-28-16(25)8-17(29-18)27-11-3-4-12(13(21)7-11)19(22,23)24;1-9-26-14-5-2-10(20)6-15(14)30(9)18-28-16(25)8-17(29-18)27-11-3-4-12(13(21)7-11)19(22,23)24;1-10-24-14-8-11(20)2-7-15(14)28(10)19-26-16(23)9-17(27-19)25-12-3-5-13(6-4-12)29-18(21)22;1-10-24-14-7-2-11(20)8-15(14)28(10)19-26-16(23)9-17(27-19)25-12-3-5-13(6-4-12)29-18(21)22;1-9-15(29-8-11(19)7-24-17(29)25-9)16-27-13(23)6-14(28-16)26-12-4-2-10(3-5-12)18(20,21)22/h2*2-8H,1H3,(H3,25,27,28,29);2*2-9,18H,1H3,(H3,23,25,26,27);2-8H,1H3,(H3,23,26,27,28). The maximum atomic E-state index is 13.9. The first-order valence-corrected chi connectivity index (χ1v) is 43.9. The van der Waals surface area contributed by atoms with Crippen molar-refractivity contribution in [3.63, 3.8) is 0 Å². The molecule has 0 saturated heterocycles. The number of fused-ring (bicyclic) bond motifs is 5. The van der Waals surface area contributed by atoms with E-state index in [-0.39, 0.29) is 92.9 Å². The van der Waals surface area contributed by atoms with E-state index in [0.29, 0.717) is 135 Å². The monoisotopic (exact) mass is 2110 g/mol. The van der Waals surface area contributed by atoms with Gasteiger partial charge in [-0.3, -0.25) is 22.7 Å². The van der Waals surface area contributed by atoms with Crippen LogP contribution in [0.3, 0.4) is 0 Å². The number of aromatic nitrogens is 21. The highest BCUT2D eigenvalue weighted by Crippen LogP contribution is 2.39. The van der Waals surface area contributed by atoms with Crippen LogP contribution in [-0.2, 0) is 18.5 Å². The number of hydrogen-bond donors (Lipinski definition) is 10. The predicted molar refractivity (Wildman–Crippen MR) is 523 cm³/mol. The zero-order valence-corrected chi connectivity index (χ0v) is 78.7. The highest BCUT2D eigenvalue weighted by atomic mass is 35.5. The number of imidazole rings is 5. The number of alkyl halides is 13. The van der Waals surface area contributed by atoms with E-state index in [2.05, 4.69) is 116 Å². The third-order valence-corrected chi connectivity index (χ3v) is 21.7. The van der Waals surface area contributed by atoms with Gasteiger partial charge in [0.2, 0.25) is 29.6 Å². The smallest absolute Gasteiger partial charge is 0.419 e. The Kier molecular flexibility index (Phi) is 29.4. The molecule has 0 amide bonds. The number of ether oxygens (including phenoxy) is 2. The number of benzene rings is 9. The molecule has 0 aliphatic carbocycles. The molecule has 0 unspecified atom stereocenters. The summed E-state index contributed by atoms with van der Waals surface area (Å²) in [4.78, 5) is 69.3. The summed E-state index contributed by atoms with van der Waals surface area (Å²) in [5.41, 5.74) is 34.4. The van der Waals surface area contributed by atoms with Crippen LogP contribution < -0.4 is 64.7 Å². The summed E-state index contributed by atoms with van der Waals surface area (Å²) in [6.45, 7) is 3.10. The van der Waals surface area contributed by atoms with Crippen molar-refractivity contribution in [3.05, 3.63) is 308 Å². The van der Waals surface area contributed by atoms with Gasteiger partial charge in [-0.2, -0.15) is 96.9 Å². The molecule has 33 nitrogen and oxygen atoms in total. The Morgan fingerprint density at radius 2 is 0.639 bits per heavy atom. The van der Waals surface area contributed by atoms with Gasteiger partial charge in [-0.15, -0.1) is 0 Å². The highest BCUT2D eigenvalue weighted by Gasteiger charge is 2.36. The third kappa shape index (κ3) is 24.5. The second-order valence-electron chi connectivity index (χ2n) is 31.3. The van der Waals surface area contributed by atoms with E-state index in [1.165, 1.54) is 65.2 Å². The average Bonchev–Trinajstić information content (AvgIpc) is 1.64. The summed E-state index contributed by atoms with van der Waals surface area (Å²) >= 11 is 24.3. The van der Waals surface area contributed by atoms with Crippen LogP contribution in [0.2, 0.25) is 20.1 Å². The molecule has 9 aromatic carbocycles. The molecule has 53 heteroatoms. The number of nitrogen functional groups attached to an aromatic ring is 5. The van der Waals surface area contributed by atoms with Crippen LogP contribution >= 0.6 is 46.4 Å². The lowest BCUT2D eigenvalue weighted by Crippen LogP contribution is -2.09. The van der Waals surface area contributed by atoms with Crippen molar-refractivity contribution in [3.8, 4) is 46.8 Å². The van der Waals surface area contributed by atoms with Crippen LogP contribution in [-0.4, -0.2) is 116 Å². The molecule has 0 atom stereocenters. The normalized spacial score (nSPS) is 11.6. The number of aryl methyl sites for hydroxylation is 5. The predicted octanol–water partition coefficient (Wildman–Crippen LogP) is 23.9. The second kappa shape index (κ2) is 42.2. The number of nitrogens with two attached hydrogens (primary N) is 5. The minimum atomic E-state index is -4.78. The van der Waals surface area contributed by atoms with E-state index in [9.17, 15) is 70.2 Å².